The fourth-order valence-electron chi connectivity index (χ4n) is 4.60. The van der Waals surface area contributed by atoms with E-state index >= 15 is 0 Å². The standard InChI is InChI=1S/C25H30Cl2N2/c1-3-22(29(2)17-19-8-5-4-6-9-19)14-15-25(18-28,20-10-7-11-20)21-12-13-23(26)24(27)16-21/h4-6,8-9,12-13,16,20,22H,3,7,10-11,14-15,17H2,1-2H3. The molecule has 0 spiro atoms. The third-order valence-corrected chi connectivity index (χ3v) is 7.42. The zero-order chi connectivity index (χ0) is 20.9. The van der Waals surface area contributed by atoms with Crippen LogP contribution in [0.3, 0.4) is 0 Å². The van der Waals surface area contributed by atoms with Crippen molar-refractivity contribution < 1.29 is 0 Å². The van der Waals surface area contributed by atoms with Gasteiger partial charge in [-0.3, -0.25) is 4.90 Å². The quantitative estimate of drug-likeness (QED) is 0.420. The zero-order valence-electron chi connectivity index (χ0n) is 17.4. The van der Waals surface area contributed by atoms with Gasteiger partial charge in [-0.1, -0.05) is 72.9 Å². The van der Waals surface area contributed by atoms with Crippen LogP contribution in [0.5, 0.6) is 0 Å². The van der Waals surface area contributed by atoms with Gasteiger partial charge >= 0.3 is 0 Å². The molecule has 2 nitrogen and oxygen atoms in total. The van der Waals surface area contributed by atoms with Gasteiger partial charge in [0.05, 0.1) is 21.5 Å². The van der Waals surface area contributed by atoms with Gasteiger partial charge in [0.2, 0.25) is 0 Å². The second kappa shape index (κ2) is 9.98. The van der Waals surface area contributed by atoms with E-state index < -0.39 is 5.41 Å². The highest BCUT2D eigenvalue weighted by Crippen LogP contribution is 2.48. The Kier molecular flexibility index (Phi) is 7.63. The van der Waals surface area contributed by atoms with Crippen molar-refractivity contribution in [1.29, 1.82) is 5.26 Å². The fraction of sp³-hybridized carbons (Fsp3) is 0.480. The van der Waals surface area contributed by atoms with Gasteiger partial charge in [-0.2, -0.15) is 5.26 Å². The Labute approximate surface area is 185 Å². The highest BCUT2D eigenvalue weighted by Gasteiger charge is 2.44. The topological polar surface area (TPSA) is 27.0 Å². The molecule has 0 bridgehead atoms. The normalized spacial score (nSPS) is 17.4. The molecule has 2 unspecified atom stereocenters. The lowest BCUT2D eigenvalue weighted by Crippen LogP contribution is -2.40. The van der Waals surface area contributed by atoms with Gasteiger partial charge in [0.25, 0.3) is 0 Å². The van der Waals surface area contributed by atoms with Crippen molar-refractivity contribution in [1.82, 2.24) is 4.90 Å². The molecule has 0 heterocycles. The van der Waals surface area contributed by atoms with Gasteiger partial charge in [0, 0.05) is 12.6 Å². The Morgan fingerprint density at radius 3 is 2.41 bits per heavy atom. The average Bonchev–Trinajstić information content (AvgIpc) is 2.69. The van der Waals surface area contributed by atoms with Crippen molar-refractivity contribution in [3.63, 3.8) is 0 Å². The summed E-state index contributed by atoms with van der Waals surface area (Å²) in [4.78, 5) is 2.42. The summed E-state index contributed by atoms with van der Waals surface area (Å²) in [6.07, 6.45) is 6.35. The number of hydrogen-bond acceptors (Lipinski definition) is 2. The molecule has 154 valence electrons. The molecule has 0 N–H and O–H groups in total. The van der Waals surface area contributed by atoms with Crippen LogP contribution < -0.4 is 0 Å². The number of nitriles is 1. The van der Waals surface area contributed by atoms with Crippen LogP contribution in [-0.2, 0) is 12.0 Å². The predicted molar refractivity (Wildman–Crippen MR) is 122 cm³/mol. The maximum Gasteiger partial charge on any atom is 0.0851 e. The van der Waals surface area contributed by atoms with Gasteiger partial charge in [0.1, 0.15) is 0 Å². The summed E-state index contributed by atoms with van der Waals surface area (Å²) >= 11 is 12.5. The number of benzene rings is 2. The van der Waals surface area contributed by atoms with Crippen LogP contribution in [0.1, 0.15) is 56.6 Å². The van der Waals surface area contributed by atoms with Crippen LogP contribution in [0.2, 0.25) is 10.0 Å². The Hall–Kier alpha value is -1.53. The lowest BCUT2D eigenvalue weighted by Gasteiger charge is -2.42. The maximum atomic E-state index is 10.3. The first-order chi connectivity index (χ1) is 14.0. The lowest BCUT2D eigenvalue weighted by atomic mass is 9.60. The second-order valence-electron chi connectivity index (χ2n) is 8.34. The third-order valence-electron chi connectivity index (χ3n) is 6.68. The van der Waals surface area contributed by atoms with E-state index in [1.807, 2.05) is 18.2 Å². The van der Waals surface area contributed by atoms with Crippen LogP contribution in [-0.4, -0.2) is 18.0 Å². The Bertz CT molecular complexity index is 842. The molecule has 2 aromatic rings. The van der Waals surface area contributed by atoms with Crippen molar-refractivity contribution in [2.75, 3.05) is 7.05 Å². The summed E-state index contributed by atoms with van der Waals surface area (Å²) in [6.45, 7) is 3.16. The highest BCUT2D eigenvalue weighted by molar-refractivity contribution is 6.42. The van der Waals surface area contributed by atoms with E-state index in [0.29, 0.717) is 22.0 Å². The van der Waals surface area contributed by atoms with Crippen LogP contribution in [0.25, 0.3) is 0 Å². The molecule has 2 aromatic carbocycles. The van der Waals surface area contributed by atoms with Crippen LogP contribution in [0.4, 0.5) is 0 Å². The fourth-order valence-corrected chi connectivity index (χ4v) is 4.90. The van der Waals surface area contributed by atoms with Crippen molar-refractivity contribution in [2.24, 2.45) is 5.92 Å². The minimum atomic E-state index is -0.479. The SMILES string of the molecule is CCC(CCC(C#N)(c1ccc(Cl)c(Cl)c1)C1CCC1)N(C)Cc1ccccc1. The summed E-state index contributed by atoms with van der Waals surface area (Å²) in [5.41, 5.74) is 1.87. The minimum absolute atomic E-state index is 0.404. The number of hydrogen-bond donors (Lipinski definition) is 0. The highest BCUT2D eigenvalue weighted by atomic mass is 35.5. The first kappa shape index (κ1) is 22.2. The Balaban J connectivity index is 1.78. The van der Waals surface area contributed by atoms with Crippen molar-refractivity contribution >= 4 is 23.2 Å². The number of halogens is 2. The van der Waals surface area contributed by atoms with E-state index in [1.165, 1.54) is 12.0 Å². The number of nitrogens with zero attached hydrogens (tertiary/aromatic N) is 2. The molecule has 4 heteroatoms. The summed E-state index contributed by atoms with van der Waals surface area (Å²) in [5, 5.41) is 11.4. The summed E-state index contributed by atoms with van der Waals surface area (Å²) in [5.74, 6) is 0.404. The minimum Gasteiger partial charge on any atom is -0.299 e. The summed E-state index contributed by atoms with van der Waals surface area (Å²) in [6, 6.07) is 19.5. The summed E-state index contributed by atoms with van der Waals surface area (Å²) < 4.78 is 0. The Morgan fingerprint density at radius 2 is 1.86 bits per heavy atom. The molecular formula is C25H30Cl2N2. The van der Waals surface area contributed by atoms with E-state index in [4.69, 9.17) is 23.2 Å². The van der Waals surface area contributed by atoms with E-state index in [0.717, 1.165) is 44.2 Å². The molecule has 1 aliphatic carbocycles. The monoisotopic (exact) mass is 428 g/mol. The molecule has 29 heavy (non-hydrogen) atoms. The lowest BCUT2D eigenvalue weighted by molar-refractivity contribution is 0.161. The molecule has 0 amide bonds. The van der Waals surface area contributed by atoms with Gasteiger partial charge in [-0.05, 0) is 68.3 Å². The predicted octanol–water partition coefficient (Wildman–Crippen LogP) is 7.25. The van der Waals surface area contributed by atoms with E-state index in [1.54, 1.807) is 0 Å². The molecule has 0 radical (unpaired) electrons. The summed E-state index contributed by atoms with van der Waals surface area (Å²) in [7, 11) is 2.19. The van der Waals surface area contributed by atoms with E-state index in [-0.39, 0.29) is 0 Å². The molecule has 1 saturated carbocycles. The third kappa shape index (κ3) is 4.97. The molecule has 0 aromatic heterocycles. The smallest absolute Gasteiger partial charge is 0.0851 e. The average molecular weight is 429 g/mol. The molecule has 2 atom stereocenters. The van der Waals surface area contributed by atoms with Crippen molar-refractivity contribution in [3.8, 4) is 6.07 Å². The van der Waals surface area contributed by atoms with Gasteiger partial charge in [0.15, 0.2) is 0 Å². The second-order valence-corrected chi connectivity index (χ2v) is 9.16. The molecule has 1 fully saturated rings. The maximum absolute atomic E-state index is 10.3. The first-order valence-electron chi connectivity index (χ1n) is 10.6. The molecule has 3 rings (SSSR count). The van der Waals surface area contributed by atoms with Crippen LogP contribution >= 0.6 is 23.2 Å². The largest absolute Gasteiger partial charge is 0.299 e. The van der Waals surface area contributed by atoms with Gasteiger partial charge in [-0.15, -0.1) is 0 Å². The van der Waals surface area contributed by atoms with Crippen LogP contribution in [0.15, 0.2) is 48.5 Å². The van der Waals surface area contributed by atoms with E-state index in [9.17, 15) is 5.26 Å². The van der Waals surface area contributed by atoms with Crippen molar-refractivity contribution in [3.05, 3.63) is 69.7 Å². The molecule has 0 aliphatic heterocycles. The van der Waals surface area contributed by atoms with Crippen molar-refractivity contribution in [2.45, 2.75) is 63.5 Å². The molecule has 0 saturated heterocycles. The zero-order valence-corrected chi connectivity index (χ0v) is 18.9. The molecule has 1 aliphatic rings. The number of rotatable bonds is 9. The Morgan fingerprint density at radius 1 is 1.14 bits per heavy atom. The van der Waals surface area contributed by atoms with Crippen LogP contribution in [0, 0.1) is 17.2 Å². The van der Waals surface area contributed by atoms with E-state index in [2.05, 4.69) is 55.3 Å². The molecular weight excluding hydrogens is 399 g/mol. The first-order valence-corrected chi connectivity index (χ1v) is 11.4. The van der Waals surface area contributed by atoms with Gasteiger partial charge < -0.3 is 0 Å². The van der Waals surface area contributed by atoms with Gasteiger partial charge in [-0.25, -0.2) is 0 Å².